The summed E-state index contributed by atoms with van der Waals surface area (Å²) in [6.07, 6.45) is 0. The maximum Gasteiger partial charge on any atom is 0.189 e. The Kier molecular flexibility index (Phi) is 2.91. The van der Waals surface area contributed by atoms with Gasteiger partial charge in [-0.05, 0) is 34.4 Å². The highest BCUT2D eigenvalue weighted by Crippen LogP contribution is 2.48. The summed E-state index contributed by atoms with van der Waals surface area (Å²) in [4.78, 5) is 0.367. The molecule has 1 aliphatic rings. The van der Waals surface area contributed by atoms with Crippen LogP contribution < -0.4 is 0 Å². The second-order valence-corrected chi connectivity index (χ2v) is 7.45. The summed E-state index contributed by atoms with van der Waals surface area (Å²) in [6, 6.07) is 24.2. The van der Waals surface area contributed by atoms with Gasteiger partial charge in [-0.3, -0.25) is 0 Å². The number of sulfone groups is 1. The van der Waals surface area contributed by atoms with E-state index in [0.717, 1.165) is 22.3 Å². The van der Waals surface area contributed by atoms with Crippen LogP contribution in [0.1, 0.15) is 16.4 Å². The fourth-order valence-corrected chi connectivity index (χ4v) is 5.08. The van der Waals surface area contributed by atoms with Gasteiger partial charge in [0.15, 0.2) is 9.84 Å². The van der Waals surface area contributed by atoms with Gasteiger partial charge in [0.2, 0.25) is 0 Å². The Morgan fingerprint density at radius 3 is 1.59 bits per heavy atom. The molecule has 0 aliphatic heterocycles. The van der Waals surface area contributed by atoms with Crippen LogP contribution in [0.2, 0.25) is 0 Å². The monoisotopic (exact) mass is 306 g/mol. The first kappa shape index (κ1) is 13.3. The lowest BCUT2D eigenvalue weighted by atomic mass is 10.1. The van der Waals surface area contributed by atoms with Crippen molar-refractivity contribution in [2.45, 2.75) is 10.1 Å². The van der Waals surface area contributed by atoms with Crippen molar-refractivity contribution in [3.8, 4) is 11.1 Å². The van der Waals surface area contributed by atoms with Crippen LogP contribution in [-0.4, -0.2) is 8.42 Å². The normalized spacial score (nSPS) is 13.6. The van der Waals surface area contributed by atoms with Gasteiger partial charge in [0.25, 0.3) is 0 Å². The van der Waals surface area contributed by atoms with E-state index in [-0.39, 0.29) is 0 Å². The Bertz CT molecular complexity index is 898. The predicted molar refractivity (Wildman–Crippen MR) is 87.3 cm³/mol. The highest BCUT2D eigenvalue weighted by Gasteiger charge is 2.38. The Labute approximate surface area is 130 Å². The van der Waals surface area contributed by atoms with E-state index in [9.17, 15) is 8.42 Å². The third-order valence-corrected chi connectivity index (χ3v) is 6.22. The van der Waals surface area contributed by atoms with Gasteiger partial charge in [0, 0.05) is 0 Å². The maximum absolute atomic E-state index is 13.2. The molecule has 3 heteroatoms. The lowest BCUT2D eigenvalue weighted by molar-refractivity contribution is 0.590. The largest absolute Gasteiger partial charge is 0.223 e. The third kappa shape index (κ3) is 1.82. The molecule has 0 aromatic heterocycles. The Morgan fingerprint density at radius 1 is 0.591 bits per heavy atom. The number of hydrogen-bond donors (Lipinski definition) is 0. The molecular formula is C19H14O2S. The minimum absolute atomic E-state index is 0.367. The van der Waals surface area contributed by atoms with Crippen molar-refractivity contribution >= 4 is 9.84 Å². The van der Waals surface area contributed by atoms with Crippen molar-refractivity contribution in [1.29, 1.82) is 0 Å². The average Bonchev–Trinajstić information content (AvgIpc) is 2.91. The van der Waals surface area contributed by atoms with Crippen LogP contribution in [0.25, 0.3) is 11.1 Å². The first-order valence-electron chi connectivity index (χ1n) is 7.17. The zero-order valence-corrected chi connectivity index (χ0v) is 12.6. The summed E-state index contributed by atoms with van der Waals surface area (Å²) < 4.78 is 26.3. The average molecular weight is 306 g/mol. The molecule has 0 amide bonds. The van der Waals surface area contributed by atoms with E-state index in [1.54, 1.807) is 24.3 Å². The van der Waals surface area contributed by atoms with Crippen molar-refractivity contribution in [3.05, 3.63) is 90.0 Å². The number of hydrogen-bond acceptors (Lipinski definition) is 2. The highest BCUT2D eigenvalue weighted by atomic mass is 32.2. The fourth-order valence-electron chi connectivity index (χ4n) is 3.19. The predicted octanol–water partition coefficient (Wildman–Crippen LogP) is 4.23. The van der Waals surface area contributed by atoms with Crippen molar-refractivity contribution < 1.29 is 8.42 Å². The van der Waals surface area contributed by atoms with Gasteiger partial charge in [0.1, 0.15) is 5.25 Å². The van der Waals surface area contributed by atoms with E-state index >= 15 is 0 Å². The minimum atomic E-state index is -3.47. The van der Waals surface area contributed by atoms with E-state index in [2.05, 4.69) is 0 Å². The molecule has 0 radical (unpaired) electrons. The molecule has 1 aliphatic carbocycles. The lowest BCUT2D eigenvalue weighted by Gasteiger charge is -2.15. The number of fused-ring (bicyclic) bond motifs is 3. The molecule has 0 bridgehead atoms. The number of rotatable bonds is 2. The van der Waals surface area contributed by atoms with Gasteiger partial charge in [-0.1, -0.05) is 66.7 Å². The second-order valence-electron chi connectivity index (χ2n) is 5.41. The summed E-state index contributed by atoms with van der Waals surface area (Å²) in [5.74, 6) is 0. The smallest absolute Gasteiger partial charge is 0.189 e. The van der Waals surface area contributed by atoms with Gasteiger partial charge < -0.3 is 0 Å². The molecule has 0 spiro atoms. The minimum Gasteiger partial charge on any atom is -0.223 e. The van der Waals surface area contributed by atoms with Crippen molar-refractivity contribution in [2.24, 2.45) is 0 Å². The Hall–Kier alpha value is -2.39. The first-order valence-corrected chi connectivity index (χ1v) is 8.71. The molecule has 0 fully saturated rings. The molecule has 0 saturated heterocycles. The van der Waals surface area contributed by atoms with Gasteiger partial charge in [-0.25, -0.2) is 8.42 Å². The first-order chi connectivity index (χ1) is 10.7. The fraction of sp³-hybridized carbons (Fsp3) is 0.0526. The SMILES string of the molecule is O=S(=O)(c1ccccc1)C1c2ccccc2-c2ccccc21. The molecule has 2 nitrogen and oxygen atoms in total. The topological polar surface area (TPSA) is 34.1 Å². The summed E-state index contributed by atoms with van der Waals surface area (Å²) in [7, 11) is -3.47. The molecule has 3 aromatic carbocycles. The maximum atomic E-state index is 13.2. The molecule has 0 atom stereocenters. The zero-order chi connectivity index (χ0) is 15.2. The molecule has 3 aromatic rings. The molecule has 0 N–H and O–H groups in total. The van der Waals surface area contributed by atoms with Crippen LogP contribution in [0.15, 0.2) is 83.8 Å². The quantitative estimate of drug-likeness (QED) is 0.710. The van der Waals surface area contributed by atoms with E-state index in [1.807, 2.05) is 54.6 Å². The summed E-state index contributed by atoms with van der Waals surface area (Å²) in [5, 5.41) is -0.623. The molecular weight excluding hydrogens is 292 g/mol. The van der Waals surface area contributed by atoms with E-state index < -0.39 is 15.1 Å². The number of benzene rings is 3. The van der Waals surface area contributed by atoms with Crippen LogP contribution in [0, 0.1) is 0 Å². The van der Waals surface area contributed by atoms with Crippen molar-refractivity contribution in [1.82, 2.24) is 0 Å². The molecule has 0 heterocycles. The van der Waals surface area contributed by atoms with E-state index in [1.165, 1.54) is 0 Å². The van der Waals surface area contributed by atoms with E-state index in [4.69, 9.17) is 0 Å². The van der Waals surface area contributed by atoms with Crippen LogP contribution in [-0.2, 0) is 9.84 Å². The van der Waals surface area contributed by atoms with Crippen LogP contribution in [0.4, 0.5) is 0 Å². The highest BCUT2D eigenvalue weighted by molar-refractivity contribution is 7.92. The molecule has 0 unspecified atom stereocenters. The van der Waals surface area contributed by atoms with Crippen LogP contribution in [0.5, 0.6) is 0 Å². The summed E-state index contributed by atoms with van der Waals surface area (Å²) in [5.41, 5.74) is 3.77. The summed E-state index contributed by atoms with van der Waals surface area (Å²) >= 11 is 0. The van der Waals surface area contributed by atoms with Crippen LogP contribution >= 0.6 is 0 Å². The van der Waals surface area contributed by atoms with Gasteiger partial charge in [-0.2, -0.15) is 0 Å². The Morgan fingerprint density at radius 2 is 1.05 bits per heavy atom. The van der Waals surface area contributed by atoms with Gasteiger partial charge >= 0.3 is 0 Å². The summed E-state index contributed by atoms with van der Waals surface area (Å²) in [6.45, 7) is 0. The van der Waals surface area contributed by atoms with Gasteiger partial charge in [0.05, 0.1) is 4.90 Å². The molecule has 0 saturated carbocycles. The molecule has 4 rings (SSSR count). The van der Waals surface area contributed by atoms with Crippen molar-refractivity contribution in [2.75, 3.05) is 0 Å². The van der Waals surface area contributed by atoms with Crippen molar-refractivity contribution in [3.63, 3.8) is 0 Å². The third-order valence-electron chi connectivity index (χ3n) is 4.16. The van der Waals surface area contributed by atoms with Gasteiger partial charge in [-0.15, -0.1) is 0 Å². The van der Waals surface area contributed by atoms with E-state index in [0.29, 0.717) is 4.90 Å². The zero-order valence-electron chi connectivity index (χ0n) is 11.8. The lowest BCUT2D eigenvalue weighted by Crippen LogP contribution is -2.12. The van der Waals surface area contributed by atoms with Crippen LogP contribution in [0.3, 0.4) is 0 Å². The second kappa shape index (κ2) is 4.82. The standard InChI is InChI=1S/C19H14O2S/c20-22(21,14-8-2-1-3-9-14)19-17-12-6-4-10-15(17)16-11-5-7-13-18(16)19/h1-13,19H. The Balaban J connectivity index is 2.00. The molecule has 108 valence electrons. The molecule has 22 heavy (non-hydrogen) atoms.